The van der Waals surface area contributed by atoms with E-state index in [-0.39, 0.29) is 11.0 Å². The zero-order chi connectivity index (χ0) is 19.3. The molecule has 0 fully saturated rings. The third kappa shape index (κ3) is 4.27. The summed E-state index contributed by atoms with van der Waals surface area (Å²) in [6, 6.07) is 5.52. The molecule has 0 amide bonds. The Morgan fingerprint density at radius 3 is 2.65 bits per heavy atom. The van der Waals surface area contributed by atoms with Crippen molar-refractivity contribution < 1.29 is 14.6 Å². The maximum absolute atomic E-state index is 11.7. The van der Waals surface area contributed by atoms with Crippen molar-refractivity contribution in [2.24, 2.45) is 5.92 Å². The lowest BCUT2D eigenvalue weighted by Gasteiger charge is -2.30. The summed E-state index contributed by atoms with van der Waals surface area (Å²) < 4.78 is 5.60. The van der Waals surface area contributed by atoms with Crippen molar-refractivity contribution in [2.45, 2.75) is 52.9 Å². The number of allylic oxidation sites excluding steroid dienone is 6. The molecule has 140 valence electrons. The fourth-order valence-corrected chi connectivity index (χ4v) is 3.23. The van der Waals surface area contributed by atoms with E-state index < -0.39 is 5.97 Å². The summed E-state index contributed by atoms with van der Waals surface area (Å²) in [6.45, 7) is 11.0. The van der Waals surface area contributed by atoms with E-state index in [0.29, 0.717) is 18.3 Å². The monoisotopic (exact) mass is 354 g/mol. The van der Waals surface area contributed by atoms with Crippen LogP contribution in [0.3, 0.4) is 0 Å². The Morgan fingerprint density at radius 1 is 1.38 bits per heavy atom. The maximum Gasteiger partial charge on any atom is 0.339 e. The summed E-state index contributed by atoms with van der Waals surface area (Å²) >= 11 is 0. The van der Waals surface area contributed by atoms with Gasteiger partial charge < -0.3 is 9.84 Å². The van der Waals surface area contributed by atoms with E-state index in [4.69, 9.17) is 4.74 Å². The fraction of sp³-hybridized carbons (Fsp3) is 0.435. The first-order valence-electron chi connectivity index (χ1n) is 9.33. The molecule has 1 atom stereocenters. The Labute approximate surface area is 157 Å². The van der Waals surface area contributed by atoms with Gasteiger partial charge in [0.05, 0.1) is 6.61 Å². The molecule has 0 saturated carbocycles. The Hall–Kier alpha value is -2.29. The van der Waals surface area contributed by atoms with Crippen molar-refractivity contribution >= 4 is 5.97 Å². The van der Waals surface area contributed by atoms with Crippen LogP contribution in [0.15, 0.2) is 53.6 Å². The Balaban J connectivity index is 2.32. The third-order valence-corrected chi connectivity index (χ3v) is 5.26. The second-order valence-corrected chi connectivity index (χ2v) is 7.38. The molecule has 1 unspecified atom stereocenters. The molecule has 3 nitrogen and oxygen atoms in total. The van der Waals surface area contributed by atoms with Crippen molar-refractivity contribution in [3.05, 3.63) is 64.8 Å². The zero-order valence-electron chi connectivity index (χ0n) is 16.5. The predicted molar refractivity (Wildman–Crippen MR) is 107 cm³/mol. The van der Waals surface area contributed by atoms with Crippen LogP contribution in [-0.4, -0.2) is 17.7 Å². The summed E-state index contributed by atoms with van der Waals surface area (Å²) in [6.07, 6.45) is 10.7. The van der Waals surface area contributed by atoms with E-state index in [1.165, 1.54) is 11.1 Å². The van der Waals surface area contributed by atoms with Gasteiger partial charge in [0, 0.05) is 11.3 Å². The number of aromatic carboxylic acids is 1. The highest BCUT2D eigenvalue weighted by atomic mass is 16.5. The zero-order valence-corrected chi connectivity index (χ0v) is 16.5. The first-order chi connectivity index (χ1) is 12.3. The van der Waals surface area contributed by atoms with Gasteiger partial charge in [-0.25, -0.2) is 4.79 Å². The van der Waals surface area contributed by atoms with Crippen LogP contribution in [0.4, 0.5) is 0 Å². The minimum Gasteiger partial charge on any atom is -0.493 e. The van der Waals surface area contributed by atoms with Gasteiger partial charge in [-0.3, -0.25) is 0 Å². The van der Waals surface area contributed by atoms with Gasteiger partial charge in [0.25, 0.3) is 0 Å². The van der Waals surface area contributed by atoms with Gasteiger partial charge in [-0.1, -0.05) is 56.7 Å². The fourth-order valence-electron chi connectivity index (χ4n) is 3.23. The largest absolute Gasteiger partial charge is 0.493 e. The molecule has 26 heavy (non-hydrogen) atoms. The Bertz CT molecular complexity index is 751. The Morgan fingerprint density at radius 2 is 2.12 bits per heavy atom. The van der Waals surface area contributed by atoms with Crippen LogP contribution in [-0.2, 0) is 5.41 Å². The molecular weight excluding hydrogens is 324 g/mol. The first kappa shape index (κ1) is 20.0. The van der Waals surface area contributed by atoms with Crippen LogP contribution in [0.25, 0.3) is 0 Å². The van der Waals surface area contributed by atoms with Crippen LogP contribution in [0, 0.1) is 5.92 Å². The quantitative estimate of drug-likeness (QED) is 0.618. The van der Waals surface area contributed by atoms with Crippen molar-refractivity contribution in [1.29, 1.82) is 0 Å². The van der Waals surface area contributed by atoms with E-state index in [1.807, 2.05) is 13.0 Å². The lowest BCUT2D eigenvalue weighted by atomic mass is 9.74. The highest BCUT2D eigenvalue weighted by Gasteiger charge is 2.28. The van der Waals surface area contributed by atoms with E-state index in [0.717, 1.165) is 18.4 Å². The third-order valence-electron chi connectivity index (χ3n) is 5.26. The van der Waals surface area contributed by atoms with Crippen LogP contribution < -0.4 is 4.74 Å². The Kier molecular flexibility index (Phi) is 6.47. The smallest absolute Gasteiger partial charge is 0.339 e. The van der Waals surface area contributed by atoms with Gasteiger partial charge in [0.15, 0.2) is 0 Å². The molecule has 0 spiro atoms. The first-order valence-corrected chi connectivity index (χ1v) is 9.33. The molecule has 1 N–H and O–H groups in total. The normalized spacial score (nSPS) is 17.8. The van der Waals surface area contributed by atoms with E-state index in [9.17, 15) is 9.90 Å². The van der Waals surface area contributed by atoms with Gasteiger partial charge in [-0.05, 0) is 50.0 Å². The molecule has 0 radical (unpaired) electrons. The van der Waals surface area contributed by atoms with Gasteiger partial charge in [0.2, 0.25) is 0 Å². The number of ether oxygens (including phenoxy) is 1. The number of hydrogen-bond acceptors (Lipinski definition) is 2. The van der Waals surface area contributed by atoms with Crippen molar-refractivity contribution in [3.8, 4) is 5.75 Å². The highest BCUT2D eigenvalue weighted by molar-refractivity contribution is 5.91. The van der Waals surface area contributed by atoms with Crippen LogP contribution in [0.1, 0.15) is 63.4 Å². The van der Waals surface area contributed by atoms with E-state index >= 15 is 0 Å². The van der Waals surface area contributed by atoms with Gasteiger partial charge >= 0.3 is 5.97 Å². The molecular formula is C23H30O3. The number of carboxylic acids is 1. The lowest BCUT2D eigenvalue weighted by Crippen LogP contribution is -2.22. The average molecular weight is 354 g/mol. The van der Waals surface area contributed by atoms with Crippen LogP contribution >= 0.6 is 0 Å². The molecule has 1 aliphatic carbocycles. The molecule has 3 heteroatoms. The lowest BCUT2D eigenvalue weighted by molar-refractivity contribution is 0.0692. The second-order valence-electron chi connectivity index (χ2n) is 7.38. The predicted octanol–water partition coefficient (Wildman–Crippen LogP) is 5.92. The summed E-state index contributed by atoms with van der Waals surface area (Å²) in [5.41, 5.74) is 3.54. The number of hydrogen-bond donors (Lipinski definition) is 1. The summed E-state index contributed by atoms with van der Waals surface area (Å²) in [5, 5.41) is 9.57. The summed E-state index contributed by atoms with van der Waals surface area (Å²) in [4.78, 5) is 11.7. The molecule has 0 aromatic heterocycles. The standard InChI is InChI=1S/C23H30O3/c1-6-14-26-21-13-12-19(15-20(21)22(24)25)23(4,5)18-10-8-17(9-11-18)16(3)7-2/h7-8,10-13,15,17H,6,9,14H2,1-5H3,(H,24,25)/b16-7+. The number of carbonyl (C=O) groups is 1. The van der Waals surface area contributed by atoms with Crippen LogP contribution in [0.2, 0.25) is 0 Å². The minimum absolute atomic E-state index is 0.229. The minimum atomic E-state index is -0.953. The van der Waals surface area contributed by atoms with Crippen molar-refractivity contribution in [3.63, 3.8) is 0 Å². The number of carboxylic acid groups (broad SMARTS) is 1. The van der Waals surface area contributed by atoms with Gasteiger partial charge in [-0.2, -0.15) is 0 Å². The van der Waals surface area contributed by atoms with Crippen LogP contribution in [0.5, 0.6) is 5.75 Å². The molecule has 0 aliphatic heterocycles. The molecule has 1 aromatic rings. The molecule has 0 heterocycles. The molecule has 2 rings (SSSR count). The number of benzene rings is 1. The van der Waals surface area contributed by atoms with Gasteiger partial charge in [0.1, 0.15) is 11.3 Å². The van der Waals surface area contributed by atoms with Crippen molar-refractivity contribution in [2.75, 3.05) is 6.61 Å². The highest BCUT2D eigenvalue weighted by Crippen LogP contribution is 2.38. The molecule has 1 aromatic carbocycles. The SMILES string of the molecule is C/C=C(\C)C1C=CC(C(C)(C)c2ccc(OCCC)c(C(=O)O)c2)=CC1. The van der Waals surface area contributed by atoms with E-state index in [1.54, 1.807) is 12.1 Å². The molecule has 0 bridgehead atoms. The molecule has 0 saturated heterocycles. The summed E-state index contributed by atoms with van der Waals surface area (Å²) in [7, 11) is 0. The summed E-state index contributed by atoms with van der Waals surface area (Å²) in [5.74, 6) is -0.0551. The molecule has 1 aliphatic rings. The average Bonchev–Trinajstić information content (AvgIpc) is 2.65. The van der Waals surface area contributed by atoms with Gasteiger partial charge in [-0.15, -0.1) is 0 Å². The maximum atomic E-state index is 11.7. The topological polar surface area (TPSA) is 46.5 Å². The van der Waals surface area contributed by atoms with Crippen molar-refractivity contribution in [1.82, 2.24) is 0 Å². The number of rotatable bonds is 7. The van der Waals surface area contributed by atoms with E-state index in [2.05, 4.69) is 52.0 Å². The second kappa shape index (κ2) is 8.39.